The zero-order valence-electron chi connectivity index (χ0n) is 12.7. The van der Waals surface area contributed by atoms with Gasteiger partial charge >= 0.3 is 0 Å². The van der Waals surface area contributed by atoms with E-state index in [0.29, 0.717) is 5.92 Å². The van der Waals surface area contributed by atoms with E-state index >= 15 is 0 Å². The predicted molar refractivity (Wildman–Crippen MR) is 83.1 cm³/mol. The first kappa shape index (κ1) is 15.5. The summed E-state index contributed by atoms with van der Waals surface area (Å²) in [6.45, 7) is 8.30. The van der Waals surface area contributed by atoms with Crippen molar-refractivity contribution in [3.63, 3.8) is 0 Å². The number of hydrogen-bond donors (Lipinski definition) is 0. The summed E-state index contributed by atoms with van der Waals surface area (Å²) < 4.78 is 5.47. The summed E-state index contributed by atoms with van der Waals surface area (Å²) in [6, 6.07) is 6.41. The fourth-order valence-corrected chi connectivity index (χ4v) is 2.21. The monoisotopic (exact) mass is 259 g/mol. The third-order valence-corrected chi connectivity index (χ3v) is 3.26. The highest BCUT2D eigenvalue weighted by Gasteiger charge is 2.09. The van der Waals surface area contributed by atoms with E-state index < -0.39 is 0 Å². The molecule has 0 fully saturated rings. The standard InChI is InChI=1S/C17H25NO/c1-6-15(11-14(4)18-7-2)12-16-9-8-13(3)10-17(16)19-5/h7-11,15H,6,12H2,1-5H3. The molecule has 1 atom stereocenters. The van der Waals surface area contributed by atoms with Crippen LogP contribution in [0.15, 0.2) is 35.0 Å². The van der Waals surface area contributed by atoms with Crippen LogP contribution in [0.4, 0.5) is 0 Å². The number of aryl methyl sites for hydroxylation is 1. The molecular formula is C17H25NO. The molecule has 0 amide bonds. The van der Waals surface area contributed by atoms with Crippen molar-refractivity contribution in [1.29, 1.82) is 0 Å². The number of ether oxygens (including phenoxy) is 1. The number of methoxy groups -OCH3 is 1. The average molecular weight is 259 g/mol. The van der Waals surface area contributed by atoms with Crippen LogP contribution in [0.2, 0.25) is 0 Å². The fraction of sp³-hybridized carbons (Fsp3) is 0.471. The Morgan fingerprint density at radius 1 is 1.42 bits per heavy atom. The van der Waals surface area contributed by atoms with E-state index in [1.165, 1.54) is 11.1 Å². The lowest BCUT2D eigenvalue weighted by atomic mass is 9.94. The molecule has 19 heavy (non-hydrogen) atoms. The van der Waals surface area contributed by atoms with Crippen molar-refractivity contribution < 1.29 is 4.74 Å². The third kappa shape index (κ3) is 4.90. The molecule has 0 saturated heterocycles. The second kappa shape index (κ2) is 7.78. The third-order valence-electron chi connectivity index (χ3n) is 3.26. The Hall–Kier alpha value is -1.57. The van der Waals surface area contributed by atoms with Crippen LogP contribution in [0.25, 0.3) is 0 Å². The molecule has 0 saturated carbocycles. The molecule has 2 nitrogen and oxygen atoms in total. The minimum atomic E-state index is 0.500. The number of benzene rings is 1. The van der Waals surface area contributed by atoms with E-state index in [4.69, 9.17) is 4.74 Å². The van der Waals surface area contributed by atoms with E-state index in [9.17, 15) is 0 Å². The minimum Gasteiger partial charge on any atom is -0.496 e. The van der Waals surface area contributed by atoms with E-state index in [1.807, 2.05) is 13.1 Å². The van der Waals surface area contributed by atoms with Gasteiger partial charge in [-0.15, -0.1) is 0 Å². The van der Waals surface area contributed by atoms with Crippen LogP contribution in [0.1, 0.15) is 38.3 Å². The Kier molecular flexibility index (Phi) is 6.34. The van der Waals surface area contributed by atoms with E-state index in [1.54, 1.807) is 7.11 Å². The zero-order valence-corrected chi connectivity index (χ0v) is 12.7. The molecule has 0 spiro atoms. The highest BCUT2D eigenvalue weighted by atomic mass is 16.5. The number of nitrogens with zero attached hydrogens (tertiary/aromatic N) is 1. The summed E-state index contributed by atoms with van der Waals surface area (Å²) in [5.41, 5.74) is 3.58. The molecule has 0 aliphatic heterocycles. The van der Waals surface area contributed by atoms with Gasteiger partial charge in [-0.1, -0.05) is 25.1 Å². The highest BCUT2D eigenvalue weighted by molar-refractivity contribution is 5.55. The lowest BCUT2D eigenvalue weighted by molar-refractivity contribution is 0.406. The summed E-state index contributed by atoms with van der Waals surface area (Å²) in [5, 5.41) is 0. The Labute approximate surface area is 117 Å². The van der Waals surface area contributed by atoms with Gasteiger partial charge in [-0.05, 0) is 56.7 Å². The van der Waals surface area contributed by atoms with Crippen molar-refractivity contribution in [2.24, 2.45) is 10.9 Å². The maximum atomic E-state index is 5.47. The SMILES string of the molecule is CC=NC(C)=CC(CC)Cc1ccc(C)cc1OC. The Bertz CT molecular complexity index is 460. The first-order chi connectivity index (χ1) is 9.10. The van der Waals surface area contributed by atoms with Crippen LogP contribution in [0.5, 0.6) is 5.75 Å². The number of rotatable bonds is 6. The second-order valence-electron chi connectivity index (χ2n) is 4.88. The molecule has 104 valence electrons. The minimum absolute atomic E-state index is 0.500. The lowest BCUT2D eigenvalue weighted by Crippen LogP contribution is -2.03. The smallest absolute Gasteiger partial charge is 0.122 e. The van der Waals surface area contributed by atoms with Gasteiger partial charge in [0.15, 0.2) is 0 Å². The molecule has 1 unspecified atom stereocenters. The van der Waals surface area contributed by atoms with Crippen molar-refractivity contribution in [1.82, 2.24) is 0 Å². The van der Waals surface area contributed by atoms with E-state index in [0.717, 1.165) is 24.3 Å². The van der Waals surface area contributed by atoms with Gasteiger partial charge in [0.1, 0.15) is 5.75 Å². The molecule has 1 aromatic carbocycles. The Morgan fingerprint density at radius 2 is 2.16 bits per heavy atom. The maximum Gasteiger partial charge on any atom is 0.122 e. The average Bonchev–Trinajstić information content (AvgIpc) is 2.40. The van der Waals surface area contributed by atoms with Crippen molar-refractivity contribution in [3.8, 4) is 5.75 Å². The van der Waals surface area contributed by atoms with E-state index in [2.05, 4.69) is 50.0 Å². The number of hydrogen-bond acceptors (Lipinski definition) is 2. The van der Waals surface area contributed by atoms with Gasteiger partial charge in [-0.25, -0.2) is 0 Å². The van der Waals surface area contributed by atoms with Crippen LogP contribution < -0.4 is 4.74 Å². The molecule has 0 radical (unpaired) electrons. The van der Waals surface area contributed by atoms with Crippen LogP contribution in [-0.4, -0.2) is 13.3 Å². The summed E-state index contributed by atoms with van der Waals surface area (Å²) in [4.78, 5) is 4.32. The van der Waals surface area contributed by atoms with Gasteiger partial charge in [0.2, 0.25) is 0 Å². The normalized spacial score (nSPS) is 13.8. The van der Waals surface area contributed by atoms with Crippen molar-refractivity contribution in [3.05, 3.63) is 41.1 Å². The zero-order chi connectivity index (χ0) is 14.3. The molecule has 0 aliphatic carbocycles. The Balaban J connectivity index is 2.90. The van der Waals surface area contributed by atoms with Gasteiger partial charge in [0.05, 0.1) is 7.11 Å². The van der Waals surface area contributed by atoms with Gasteiger partial charge in [-0.2, -0.15) is 0 Å². The molecular weight excluding hydrogens is 234 g/mol. The first-order valence-corrected chi connectivity index (χ1v) is 6.91. The molecule has 0 heterocycles. The number of aliphatic imine (C=N–C) groups is 1. The van der Waals surface area contributed by atoms with Gasteiger partial charge in [-0.3, -0.25) is 4.99 Å². The Morgan fingerprint density at radius 3 is 2.74 bits per heavy atom. The van der Waals surface area contributed by atoms with Gasteiger partial charge in [0, 0.05) is 11.9 Å². The highest BCUT2D eigenvalue weighted by Crippen LogP contribution is 2.25. The molecule has 2 heteroatoms. The quantitative estimate of drug-likeness (QED) is 0.686. The summed E-state index contributed by atoms with van der Waals surface area (Å²) in [6.07, 6.45) is 6.19. The molecule has 0 aromatic heterocycles. The fourth-order valence-electron chi connectivity index (χ4n) is 2.21. The molecule has 1 rings (SSSR count). The second-order valence-corrected chi connectivity index (χ2v) is 4.88. The topological polar surface area (TPSA) is 21.6 Å². The predicted octanol–water partition coefficient (Wildman–Crippen LogP) is 4.57. The maximum absolute atomic E-state index is 5.47. The van der Waals surface area contributed by atoms with Crippen LogP contribution >= 0.6 is 0 Å². The lowest BCUT2D eigenvalue weighted by Gasteiger charge is -2.14. The van der Waals surface area contributed by atoms with Crippen LogP contribution in [0.3, 0.4) is 0 Å². The first-order valence-electron chi connectivity index (χ1n) is 6.91. The summed E-state index contributed by atoms with van der Waals surface area (Å²) in [7, 11) is 1.74. The van der Waals surface area contributed by atoms with Crippen molar-refractivity contribution >= 4 is 6.21 Å². The molecule has 0 aliphatic rings. The van der Waals surface area contributed by atoms with Crippen molar-refractivity contribution in [2.45, 2.75) is 40.5 Å². The van der Waals surface area contributed by atoms with Crippen molar-refractivity contribution in [2.75, 3.05) is 7.11 Å². The molecule has 0 bridgehead atoms. The molecule has 1 aromatic rings. The number of allylic oxidation sites excluding steroid dienone is 2. The summed E-state index contributed by atoms with van der Waals surface area (Å²) >= 11 is 0. The largest absolute Gasteiger partial charge is 0.496 e. The molecule has 0 N–H and O–H groups in total. The summed E-state index contributed by atoms with van der Waals surface area (Å²) in [5.74, 6) is 1.49. The van der Waals surface area contributed by atoms with Crippen LogP contribution in [0, 0.1) is 12.8 Å². The van der Waals surface area contributed by atoms with Gasteiger partial charge < -0.3 is 4.74 Å². The van der Waals surface area contributed by atoms with Gasteiger partial charge in [0.25, 0.3) is 0 Å². The van der Waals surface area contributed by atoms with Crippen LogP contribution in [-0.2, 0) is 6.42 Å². The van der Waals surface area contributed by atoms with E-state index in [-0.39, 0.29) is 0 Å².